The lowest BCUT2D eigenvalue weighted by molar-refractivity contribution is -0.147. The van der Waals surface area contributed by atoms with Gasteiger partial charge in [-0.15, -0.1) is 0 Å². The van der Waals surface area contributed by atoms with Crippen molar-refractivity contribution in [1.82, 2.24) is 4.98 Å². The van der Waals surface area contributed by atoms with E-state index in [1.54, 1.807) is 25.3 Å². The minimum atomic E-state index is -0.702. The highest BCUT2D eigenvalue weighted by Crippen LogP contribution is 2.33. The van der Waals surface area contributed by atoms with Crippen LogP contribution in [0.3, 0.4) is 0 Å². The number of carbonyl (C=O) groups is 1. The van der Waals surface area contributed by atoms with E-state index in [4.69, 9.17) is 16.3 Å². The van der Waals surface area contributed by atoms with E-state index < -0.39 is 12.1 Å². The number of methoxy groups -OCH3 is 1. The van der Waals surface area contributed by atoms with Crippen molar-refractivity contribution in [3.05, 3.63) is 35.0 Å². The standard InChI is InChI=1S/C14H14ClNO3/c1-8-4-5-10(15)12-11(6-7-16-13(8)12)19-9(2)14(17)18-3/h4-7,9H,1-3H3. The van der Waals surface area contributed by atoms with Crippen LogP contribution in [0.25, 0.3) is 10.9 Å². The summed E-state index contributed by atoms with van der Waals surface area (Å²) in [4.78, 5) is 15.7. The Morgan fingerprint density at radius 2 is 2.11 bits per heavy atom. The average Bonchev–Trinajstić information content (AvgIpc) is 2.42. The fraction of sp³-hybridized carbons (Fsp3) is 0.286. The van der Waals surface area contributed by atoms with Crippen molar-refractivity contribution in [2.45, 2.75) is 20.0 Å². The Morgan fingerprint density at radius 3 is 2.79 bits per heavy atom. The van der Waals surface area contributed by atoms with E-state index in [-0.39, 0.29) is 0 Å². The molecule has 0 saturated heterocycles. The quantitative estimate of drug-likeness (QED) is 0.810. The fourth-order valence-electron chi connectivity index (χ4n) is 1.84. The van der Waals surface area contributed by atoms with Crippen molar-refractivity contribution >= 4 is 28.5 Å². The highest BCUT2D eigenvalue weighted by Gasteiger charge is 2.17. The van der Waals surface area contributed by atoms with Crippen LogP contribution in [0.5, 0.6) is 5.75 Å². The van der Waals surface area contributed by atoms with Gasteiger partial charge in [-0.3, -0.25) is 4.98 Å². The lowest BCUT2D eigenvalue weighted by Crippen LogP contribution is -2.25. The summed E-state index contributed by atoms with van der Waals surface area (Å²) in [5.41, 5.74) is 1.76. The summed E-state index contributed by atoms with van der Waals surface area (Å²) in [5, 5.41) is 1.25. The van der Waals surface area contributed by atoms with E-state index in [1.165, 1.54) is 7.11 Å². The van der Waals surface area contributed by atoms with Crippen molar-refractivity contribution in [2.24, 2.45) is 0 Å². The smallest absolute Gasteiger partial charge is 0.346 e. The third-order valence-electron chi connectivity index (χ3n) is 2.84. The van der Waals surface area contributed by atoms with Crippen molar-refractivity contribution in [1.29, 1.82) is 0 Å². The second-order valence-corrected chi connectivity index (χ2v) is 4.59. The first-order valence-corrected chi connectivity index (χ1v) is 6.20. The van der Waals surface area contributed by atoms with Gasteiger partial charge >= 0.3 is 5.97 Å². The van der Waals surface area contributed by atoms with Crippen LogP contribution in [0.15, 0.2) is 24.4 Å². The maximum Gasteiger partial charge on any atom is 0.346 e. The van der Waals surface area contributed by atoms with E-state index in [2.05, 4.69) is 9.72 Å². The third-order valence-corrected chi connectivity index (χ3v) is 3.16. The second-order valence-electron chi connectivity index (χ2n) is 4.18. The molecule has 1 aromatic carbocycles. The number of halogens is 1. The summed E-state index contributed by atoms with van der Waals surface area (Å²) in [5.74, 6) is 0.0883. The highest BCUT2D eigenvalue weighted by atomic mass is 35.5. The number of aryl methyl sites for hydroxylation is 1. The van der Waals surface area contributed by atoms with Gasteiger partial charge in [0.2, 0.25) is 0 Å². The molecular weight excluding hydrogens is 266 g/mol. The molecule has 2 rings (SSSR count). The molecule has 1 atom stereocenters. The summed E-state index contributed by atoms with van der Waals surface area (Å²) in [7, 11) is 1.32. The number of esters is 1. The lowest BCUT2D eigenvalue weighted by Gasteiger charge is -2.15. The Labute approximate surface area is 116 Å². The predicted molar refractivity (Wildman–Crippen MR) is 73.6 cm³/mol. The molecule has 0 radical (unpaired) electrons. The number of fused-ring (bicyclic) bond motifs is 1. The number of pyridine rings is 1. The molecule has 1 unspecified atom stereocenters. The molecular formula is C14H14ClNO3. The van der Waals surface area contributed by atoms with Gasteiger partial charge in [-0.1, -0.05) is 17.7 Å². The molecule has 0 spiro atoms. The van der Waals surface area contributed by atoms with Gasteiger partial charge < -0.3 is 9.47 Å². The summed E-state index contributed by atoms with van der Waals surface area (Å²) in [6.45, 7) is 3.57. The number of ether oxygens (including phenoxy) is 2. The Balaban J connectivity index is 2.50. The summed E-state index contributed by atoms with van der Waals surface area (Å²) in [6.07, 6.45) is 0.928. The van der Waals surface area contributed by atoms with Gasteiger partial charge in [0.15, 0.2) is 6.10 Å². The van der Waals surface area contributed by atoms with Gasteiger partial charge in [0, 0.05) is 6.20 Å². The second kappa shape index (κ2) is 5.45. The van der Waals surface area contributed by atoms with Gasteiger partial charge in [-0.2, -0.15) is 0 Å². The summed E-state index contributed by atoms with van der Waals surface area (Å²) < 4.78 is 10.3. The highest BCUT2D eigenvalue weighted by molar-refractivity contribution is 6.36. The molecule has 1 heterocycles. The molecule has 19 heavy (non-hydrogen) atoms. The number of aromatic nitrogens is 1. The molecule has 5 heteroatoms. The number of rotatable bonds is 3. The molecule has 0 amide bonds. The normalized spacial score (nSPS) is 12.2. The Hall–Kier alpha value is -1.81. The molecule has 0 aliphatic heterocycles. The van der Waals surface area contributed by atoms with Crippen LogP contribution in [0, 0.1) is 6.92 Å². The van der Waals surface area contributed by atoms with Gasteiger partial charge in [0.25, 0.3) is 0 Å². The van der Waals surface area contributed by atoms with E-state index in [9.17, 15) is 4.79 Å². The molecule has 0 aliphatic carbocycles. The minimum Gasteiger partial charge on any atom is -0.478 e. The van der Waals surface area contributed by atoms with Gasteiger partial charge in [0.05, 0.1) is 23.0 Å². The molecule has 0 N–H and O–H groups in total. The summed E-state index contributed by atoms with van der Waals surface area (Å²) >= 11 is 6.19. The molecule has 0 aliphatic rings. The third kappa shape index (κ3) is 2.63. The SMILES string of the molecule is COC(=O)C(C)Oc1ccnc2c(C)ccc(Cl)c12. The van der Waals surface area contributed by atoms with Gasteiger partial charge in [-0.25, -0.2) is 4.79 Å². The number of benzene rings is 1. The first-order chi connectivity index (χ1) is 9.04. The topological polar surface area (TPSA) is 48.4 Å². The van der Waals surface area contributed by atoms with Crippen molar-refractivity contribution in [2.75, 3.05) is 7.11 Å². The molecule has 1 aromatic heterocycles. The monoisotopic (exact) mass is 279 g/mol. The maximum atomic E-state index is 11.4. The maximum absolute atomic E-state index is 11.4. The molecule has 0 fully saturated rings. The van der Waals surface area contributed by atoms with E-state index in [0.717, 1.165) is 11.1 Å². The van der Waals surface area contributed by atoms with Gasteiger partial charge in [0.1, 0.15) is 5.75 Å². The lowest BCUT2D eigenvalue weighted by atomic mass is 10.1. The van der Waals surface area contributed by atoms with Crippen molar-refractivity contribution in [3.63, 3.8) is 0 Å². The van der Waals surface area contributed by atoms with Gasteiger partial charge in [-0.05, 0) is 31.5 Å². The number of hydrogen-bond donors (Lipinski definition) is 0. The Bertz CT molecular complexity index is 627. The van der Waals surface area contributed by atoms with Crippen LogP contribution >= 0.6 is 11.6 Å². The van der Waals surface area contributed by atoms with Crippen molar-refractivity contribution in [3.8, 4) is 5.75 Å². The fourth-order valence-corrected chi connectivity index (χ4v) is 2.08. The average molecular weight is 280 g/mol. The molecule has 100 valence electrons. The van der Waals surface area contributed by atoms with E-state index >= 15 is 0 Å². The van der Waals surface area contributed by atoms with Crippen LogP contribution in [-0.2, 0) is 9.53 Å². The number of nitrogens with zero attached hydrogens (tertiary/aromatic N) is 1. The van der Waals surface area contributed by atoms with Crippen LogP contribution in [0.4, 0.5) is 0 Å². The minimum absolute atomic E-state index is 0.436. The largest absolute Gasteiger partial charge is 0.478 e. The zero-order chi connectivity index (χ0) is 14.0. The Kier molecular flexibility index (Phi) is 3.90. The van der Waals surface area contributed by atoms with Crippen LogP contribution < -0.4 is 4.74 Å². The predicted octanol–water partition coefficient (Wildman–Crippen LogP) is 3.14. The molecule has 2 aromatic rings. The number of carbonyl (C=O) groups excluding carboxylic acids is 1. The van der Waals surface area contributed by atoms with Crippen LogP contribution in [-0.4, -0.2) is 24.2 Å². The first kappa shape index (κ1) is 13.6. The van der Waals surface area contributed by atoms with E-state index in [1.807, 2.05) is 13.0 Å². The van der Waals surface area contributed by atoms with E-state index in [0.29, 0.717) is 16.2 Å². The summed E-state index contributed by atoms with van der Waals surface area (Å²) in [6, 6.07) is 5.37. The van der Waals surface area contributed by atoms with Crippen molar-refractivity contribution < 1.29 is 14.3 Å². The Morgan fingerprint density at radius 1 is 1.37 bits per heavy atom. The zero-order valence-corrected chi connectivity index (χ0v) is 11.7. The molecule has 0 saturated carbocycles. The van der Waals surface area contributed by atoms with Crippen LogP contribution in [0.2, 0.25) is 5.02 Å². The zero-order valence-electron chi connectivity index (χ0n) is 10.9. The molecule has 0 bridgehead atoms. The van der Waals surface area contributed by atoms with Crippen LogP contribution in [0.1, 0.15) is 12.5 Å². The first-order valence-electron chi connectivity index (χ1n) is 5.83. The number of hydrogen-bond acceptors (Lipinski definition) is 4. The molecule has 4 nitrogen and oxygen atoms in total.